The van der Waals surface area contributed by atoms with Crippen molar-refractivity contribution in [3.05, 3.63) is 199 Å². The van der Waals surface area contributed by atoms with Gasteiger partial charge in [0, 0.05) is 92.8 Å². The van der Waals surface area contributed by atoms with E-state index in [0.717, 1.165) is 70.1 Å². The van der Waals surface area contributed by atoms with Gasteiger partial charge in [0.15, 0.2) is 0 Å². The highest BCUT2D eigenvalue weighted by molar-refractivity contribution is 7.26. The van der Waals surface area contributed by atoms with Crippen molar-refractivity contribution in [1.29, 1.82) is 10.5 Å². The molecule has 0 atom stereocenters. The lowest BCUT2D eigenvalue weighted by atomic mass is 10.0. The number of nitriles is 2. The van der Waals surface area contributed by atoms with Gasteiger partial charge in [-0.05, 0) is 78.9 Å². The molecule has 0 radical (unpaired) electrons. The van der Waals surface area contributed by atoms with Gasteiger partial charge < -0.3 is 13.7 Å². The Labute approximate surface area is 409 Å². The monoisotopic (exact) mass is 941 g/mol. The minimum Gasteiger partial charge on any atom is -0.308 e. The topological polar surface area (TPSA) is 62.4 Å². The predicted octanol–water partition coefficient (Wildman–Crippen LogP) is 17.8. The number of thiophene rings is 3. The average molecular weight is 942 g/mol. The number of benzene rings is 10. The Bertz CT molecular complexity index is 4890. The van der Waals surface area contributed by atoms with E-state index in [2.05, 4.69) is 214 Å². The summed E-state index contributed by atoms with van der Waals surface area (Å²) >= 11 is 5.36. The summed E-state index contributed by atoms with van der Waals surface area (Å²) < 4.78 is 14.0. The Morgan fingerprint density at radius 1 is 0.271 bits per heavy atom. The zero-order valence-electron chi connectivity index (χ0n) is 36.9. The van der Waals surface area contributed by atoms with Gasteiger partial charge in [0.25, 0.3) is 0 Å². The van der Waals surface area contributed by atoms with Crippen molar-refractivity contribution in [3.8, 4) is 29.2 Å². The Kier molecular flexibility index (Phi) is 7.60. The van der Waals surface area contributed by atoms with Crippen LogP contribution in [0.25, 0.3) is 143 Å². The van der Waals surface area contributed by atoms with Crippen molar-refractivity contribution >= 4 is 160 Å². The van der Waals surface area contributed by atoms with Crippen molar-refractivity contribution in [1.82, 2.24) is 13.7 Å². The van der Waals surface area contributed by atoms with Gasteiger partial charge in [0.05, 0.1) is 50.2 Å². The summed E-state index contributed by atoms with van der Waals surface area (Å²) in [6, 6.07) is 72.9. The first-order chi connectivity index (χ1) is 34.6. The van der Waals surface area contributed by atoms with Crippen LogP contribution in [0.2, 0.25) is 0 Å². The molecule has 10 aromatic carbocycles. The second kappa shape index (κ2) is 13.9. The van der Waals surface area contributed by atoms with Gasteiger partial charge in [-0.3, -0.25) is 0 Å². The van der Waals surface area contributed by atoms with Crippen LogP contribution in [0, 0.1) is 22.7 Å². The van der Waals surface area contributed by atoms with Gasteiger partial charge in [0.1, 0.15) is 23.3 Å². The molecule has 0 saturated carbocycles. The first-order valence-electron chi connectivity index (χ1n) is 23.2. The molecule has 0 unspecified atom stereocenters. The van der Waals surface area contributed by atoms with E-state index in [1.807, 2.05) is 0 Å². The number of fused-ring (bicyclic) bond motifs is 18. The average Bonchev–Trinajstić information content (AvgIpc) is 4.25. The molecule has 0 N–H and O–H groups in total. The summed E-state index contributed by atoms with van der Waals surface area (Å²) in [5.41, 5.74) is 8.68. The second-order valence-corrected chi connectivity index (χ2v) is 21.4. The Morgan fingerprint density at radius 3 is 0.957 bits per heavy atom. The third-order valence-corrected chi connectivity index (χ3v) is 18.1. The molecular formula is C62H31N5S3. The number of nitrogens with zero attached hydrogens (tertiary/aromatic N) is 5. The van der Waals surface area contributed by atoms with Crippen molar-refractivity contribution in [3.63, 3.8) is 0 Å². The quantitative estimate of drug-likeness (QED) is 0.177. The lowest BCUT2D eigenvalue weighted by Crippen LogP contribution is -2.11. The molecule has 0 spiro atoms. The Hall–Kier alpha value is -8.76. The van der Waals surface area contributed by atoms with Gasteiger partial charge in [-0.15, -0.1) is 34.0 Å². The van der Waals surface area contributed by atoms with Crippen molar-refractivity contribution < 1.29 is 0 Å². The van der Waals surface area contributed by atoms with Crippen molar-refractivity contribution in [2.45, 2.75) is 0 Å². The largest absolute Gasteiger partial charge is 0.308 e. The summed E-state index contributed by atoms with van der Waals surface area (Å²) in [4.78, 5) is 0. The summed E-state index contributed by atoms with van der Waals surface area (Å²) in [5.74, 6) is 0. The zero-order chi connectivity index (χ0) is 45.9. The van der Waals surface area contributed by atoms with E-state index in [4.69, 9.17) is 0 Å². The van der Waals surface area contributed by atoms with Crippen LogP contribution in [-0.2, 0) is 0 Å². The third kappa shape index (κ3) is 4.96. The van der Waals surface area contributed by atoms with Crippen LogP contribution in [0.3, 0.4) is 0 Å². The number of hydrogen-bond donors (Lipinski definition) is 0. The molecule has 0 amide bonds. The first-order valence-corrected chi connectivity index (χ1v) is 25.6. The molecule has 0 bridgehead atoms. The minimum absolute atomic E-state index is 0.422. The second-order valence-electron chi connectivity index (χ2n) is 18.2. The molecule has 8 heteroatoms. The van der Waals surface area contributed by atoms with Crippen molar-refractivity contribution in [2.75, 3.05) is 0 Å². The molecule has 322 valence electrons. The van der Waals surface area contributed by atoms with Crippen LogP contribution in [0.15, 0.2) is 188 Å². The number of aromatic nitrogens is 3. The van der Waals surface area contributed by atoms with Gasteiger partial charge in [-0.2, -0.15) is 10.5 Å². The highest BCUT2D eigenvalue weighted by Crippen LogP contribution is 2.48. The number of hydrogen-bond acceptors (Lipinski definition) is 5. The molecule has 70 heavy (non-hydrogen) atoms. The SMILES string of the molecule is N#Cc1c(-n2c3ccccc3c3cc4c(cc32)sc2ccccc24)cc(-n2c3ccccc3c3cc4c(cc32)sc2ccccc24)c(C#N)c1-n1c2ccccc2c2cc3c(cc21)sc1ccccc13. The van der Waals surface area contributed by atoms with Gasteiger partial charge in [0.2, 0.25) is 0 Å². The summed E-state index contributed by atoms with van der Waals surface area (Å²) in [5, 5.41) is 37.9. The fourth-order valence-electron chi connectivity index (χ4n) is 11.8. The standard InChI is InChI=1S/C62H31N5S3/c63-32-46-51(65-48-19-7-1-13-34(48)40-25-43-37-16-4-10-22-56(37)68-59(43)29-53(40)65)28-52(66-49-20-8-2-14-35(49)41-26-44-38-17-5-11-23-57(38)69-60(44)30-54(41)66)47(33-64)62(46)67-50-21-9-3-15-36(50)42-27-45-39-18-6-12-24-58(39)70-61(45)31-55(42)67/h1-31H. The molecule has 0 fully saturated rings. The van der Waals surface area contributed by atoms with Crippen LogP contribution in [-0.4, -0.2) is 13.7 Å². The molecule has 6 aromatic heterocycles. The molecule has 16 rings (SSSR count). The fourth-order valence-corrected chi connectivity index (χ4v) is 15.1. The van der Waals surface area contributed by atoms with E-state index >= 15 is 0 Å². The predicted molar refractivity (Wildman–Crippen MR) is 298 cm³/mol. The van der Waals surface area contributed by atoms with E-state index in [9.17, 15) is 10.5 Å². The molecule has 0 aliphatic carbocycles. The molecule has 16 aromatic rings. The maximum Gasteiger partial charge on any atom is 0.104 e. The van der Waals surface area contributed by atoms with Crippen LogP contribution < -0.4 is 0 Å². The smallest absolute Gasteiger partial charge is 0.104 e. The van der Waals surface area contributed by atoms with Gasteiger partial charge in [-0.1, -0.05) is 109 Å². The van der Waals surface area contributed by atoms with E-state index < -0.39 is 0 Å². The summed E-state index contributed by atoms with van der Waals surface area (Å²) in [7, 11) is 0. The van der Waals surface area contributed by atoms with Gasteiger partial charge >= 0.3 is 0 Å². The molecule has 5 nitrogen and oxygen atoms in total. The van der Waals surface area contributed by atoms with E-state index in [0.29, 0.717) is 28.2 Å². The lowest BCUT2D eigenvalue weighted by molar-refractivity contribution is 1.07. The fraction of sp³-hybridized carbons (Fsp3) is 0. The van der Waals surface area contributed by atoms with E-state index in [1.165, 1.54) is 55.8 Å². The lowest BCUT2D eigenvalue weighted by Gasteiger charge is -2.21. The zero-order valence-corrected chi connectivity index (χ0v) is 39.3. The van der Waals surface area contributed by atoms with E-state index in [1.54, 1.807) is 34.0 Å². The highest BCUT2D eigenvalue weighted by Gasteiger charge is 2.29. The van der Waals surface area contributed by atoms with Crippen LogP contribution >= 0.6 is 34.0 Å². The summed E-state index contributed by atoms with van der Waals surface area (Å²) in [6.07, 6.45) is 0. The normalized spacial score (nSPS) is 12.3. The molecule has 0 aliphatic heterocycles. The highest BCUT2D eigenvalue weighted by atomic mass is 32.1. The van der Waals surface area contributed by atoms with Crippen molar-refractivity contribution in [2.24, 2.45) is 0 Å². The molecular weight excluding hydrogens is 911 g/mol. The number of rotatable bonds is 3. The molecule has 6 heterocycles. The Balaban J connectivity index is 1.12. The Morgan fingerprint density at radius 2 is 0.586 bits per heavy atom. The minimum atomic E-state index is 0.422. The summed E-state index contributed by atoms with van der Waals surface area (Å²) in [6.45, 7) is 0. The third-order valence-electron chi connectivity index (χ3n) is 14.7. The van der Waals surface area contributed by atoms with Crippen LogP contribution in [0.1, 0.15) is 11.1 Å². The molecule has 0 saturated heterocycles. The van der Waals surface area contributed by atoms with E-state index in [-0.39, 0.29) is 0 Å². The first kappa shape index (κ1) is 38.2. The van der Waals surface area contributed by atoms with Crippen LogP contribution in [0.5, 0.6) is 0 Å². The number of para-hydroxylation sites is 3. The maximum absolute atomic E-state index is 12.0. The van der Waals surface area contributed by atoms with Gasteiger partial charge in [-0.25, -0.2) is 0 Å². The van der Waals surface area contributed by atoms with Crippen LogP contribution in [0.4, 0.5) is 0 Å². The molecule has 0 aliphatic rings. The maximum atomic E-state index is 12.0.